The van der Waals surface area contributed by atoms with Gasteiger partial charge in [-0.3, -0.25) is 4.79 Å². The Bertz CT molecular complexity index is 1200. The molecule has 1 heterocycles. The topological polar surface area (TPSA) is 127 Å². The van der Waals surface area contributed by atoms with Crippen molar-refractivity contribution < 1.29 is 46.7 Å². The Morgan fingerprint density at radius 2 is 1.50 bits per heavy atom. The van der Waals surface area contributed by atoms with Gasteiger partial charge in [0.1, 0.15) is 11.5 Å². The van der Waals surface area contributed by atoms with Gasteiger partial charge < -0.3 is 33.5 Å². The first-order chi connectivity index (χ1) is 18.2. The van der Waals surface area contributed by atoms with E-state index in [0.29, 0.717) is 42.1 Å². The van der Waals surface area contributed by atoms with Gasteiger partial charge in [0, 0.05) is 0 Å². The van der Waals surface area contributed by atoms with Crippen molar-refractivity contribution in [3.8, 4) is 28.7 Å². The van der Waals surface area contributed by atoms with E-state index in [1.54, 1.807) is 20.3 Å². The fourth-order valence-corrected chi connectivity index (χ4v) is 5.51. The number of aliphatic hydroxyl groups excluding tert-OH is 1. The van der Waals surface area contributed by atoms with Gasteiger partial charge in [-0.2, -0.15) is 0 Å². The summed E-state index contributed by atoms with van der Waals surface area (Å²) in [4.78, 5) is 11.5. The van der Waals surface area contributed by atoms with Crippen LogP contribution in [0.25, 0.3) is 0 Å². The van der Waals surface area contributed by atoms with Crippen molar-refractivity contribution in [1.29, 1.82) is 0 Å². The van der Waals surface area contributed by atoms with Crippen molar-refractivity contribution in [3.05, 3.63) is 35.4 Å². The number of carbonyl (C=O) groups is 1. The molecule has 0 unspecified atom stereocenters. The molecule has 2 atom stereocenters. The predicted octanol–water partition coefficient (Wildman–Crippen LogP) is 3.83. The van der Waals surface area contributed by atoms with E-state index < -0.39 is 28.3 Å². The van der Waals surface area contributed by atoms with Crippen LogP contribution in [0.2, 0.25) is 0 Å². The minimum Gasteiger partial charge on any atom is -0.493 e. The Hall–Kier alpha value is -3.02. The molecule has 1 aliphatic heterocycles. The maximum atomic E-state index is 13.1. The van der Waals surface area contributed by atoms with Gasteiger partial charge in [0.2, 0.25) is 5.75 Å². The number of hydrogen-bond donors (Lipinski definition) is 1. The average molecular weight is 553 g/mol. The van der Waals surface area contributed by atoms with E-state index in [9.17, 15) is 18.3 Å². The molecule has 1 saturated heterocycles. The number of ketones is 1. The molecule has 0 saturated carbocycles. The number of carbonyl (C=O) groups excluding carboxylic acids is 1. The van der Waals surface area contributed by atoms with Gasteiger partial charge in [0.05, 0.1) is 52.5 Å². The molecule has 10 nitrogen and oxygen atoms in total. The van der Waals surface area contributed by atoms with Crippen molar-refractivity contribution >= 4 is 15.6 Å². The summed E-state index contributed by atoms with van der Waals surface area (Å²) in [7, 11) is 0.694. The minimum absolute atomic E-state index is 0.0319. The summed E-state index contributed by atoms with van der Waals surface area (Å²) in [5, 5.41) is 9.39. The normalized spacial score (nSPS) is 17.2. The highest BCUT2D eigenvalue weighted by molar-refractivity contribution is 7.91. The molecule has 2 aromatic rings. The largest absolute Gasteiger partial charge is 0.493 e. The molecule has 0 radical (unpaired) electrons. The minimum atomic E-state index is -3.92. The van der Waals surface area contributed by atoms with Crippen LogP contribution in [0.5, 0.6) is 28.7 Å². The molecule has 1 N–H and O–H groups in total. The monoisotopic (exact) mass is 552 g/mol. The van der Waals surface area contributed by atoms with E-state index in [-0.39, 0.29) is 41.5 Å². The van der Waals surface area contributed by atoms with Crippen LogP contribution in [0, 0.1) is 0 Å². The van der Waals surface area contributed by atoms with E-state index in [1.807, 2.05) is 19.1 Å². The van der Waals surface area contributed by atoms with Gasteiger partial charge in [0.25, 0.3) is 0 Å². The summed E-state index contributed by atoms with van der Waals surface area (Å²) in [6, 6.07) is 6.83. The molecule has 210 valence electrons. The second kappa shape index (κ2) is 13.2. The summed E-state index contributed by atoms with van der Waals surface area (Å²) in [6.07, 6.45) is 1.11. The molecule has 0 amide bonds. The van der Waals surface area contributed by atoms with Crippen LogP contribution in [0.4, 0.5) is 0 Å². The van der Waals surface area contributed by atoms with Gasteiger partial charge in [-0.1, -0.05) is 6.92 Å². The number of Topliss-reactive ketones (excluding diaryl/α,β-unsaturated/α-hetero) is 1. The molecule has 1 aliphatic rings. The molecule has 0 aromatic heterocycles. The third kappa shape index (κ3) is 6.69. The van der Waals surface area contributed by atoms with E-state index in [2.05, 4.69) is 0 Å². The van der Waals surface area contributed by atoms with Crippen LogP contribution in [0.1, 0.15) is 56.4 Å². The Morgan fingerprint density at radius 3 is 2.00 bits per heavy atom. The highest BCUT2D eigenvalue weighted by atomic mass is 32.2. The second-order valence-corrected chi connectivity index (χ2v) is 11.0. The fraction of sp³-hybridized carbons (Fsp3) is 0.519. The van der Waals surface area contributed by atoms with E-state index in [1.165, 1.54) is 20.1 Å². The number of hydrogen-bond acceptors (Lipinski definition) is 10. The van der Waals surface area contributed by atoms with Crippen LogP contribution in [-0.2, 0) is 19.4 Å². The molecule has 0 bridgehead atoms. The Labute approximate surface area is 223 Å². The number of methoxy groups -OCH3 is 3. The van der Waals surface area contributed by atoms with E-state index >= 15 is 0 Å². The SMILES string of the molecule is CCCOc1c(OCC(C)=O)cc([C@@H]2CC[C@@H](c3cc(OC)c(OC)c(OC)c3)O2)cc1S(=O)(=O)CCO. The fourth-order valence-electron chi connectivity index (χ4n) is 4.29. The van der Waals surface area contributed by atoms with Gasteiger partial charge in [-0.25, -0.2) is 8.42 Å². The van der Waals surface area contributed by atoms with Crippen LogP contribution in [0.3, 0.4) is 0 Å². The third-order valence-corrected chi connectivity index (χ3v) is 7.76. The number of benzene rings is 2. The summed E-state index contributed by atoms with van der Waals surface area (Å²) < 4.78 is 60.4. The first kappa shape index (κ1) is 29.5. The number of aliphatic hydroxyl groups is 1. The van der Waals surface area contributed by atoms with Crippen molar-refractivity contribution in [2.24, 2.45) is 0 Å². The molecule has 3 rings (SSSR count). The summed E-state index contributed by atoms with van der Waals surface area (Å²) in [5.41, 5.74) is 1.39. The van der Waals surface area contributed by atoms with E-state index in [0.717, 1.165) is 5.56 Å². The third-order valence-electron chi connectivity index (χ3n) is 6.07. The maximum Gasteiger partial charge on any atom is 0.203 e. The highest BCUT2D eigenvalue weighted by Gasteiger charge is 2.33. The van der Waals surface area contributed by atoms with Crippen molar-refractivity contribution in [3.63, 3.8) is 0 Å². The van der Waals surface area contributed by atoms with Gasteiger partial charge >= 0.3 is 0 Å². The van der Waals surface area contributed by atoms with Crippen LogP contribution < -0.4 is 23.7 Å². The molecular weight excluding hydrogens is 516 g/mol. The van der Waals surface area contributed by atoms with Gasteiger partial charge in [0.15, 0.2) is 38.6 Å². The quantitative estimate of drug-likeness (QED) is 0.369. The molecular formula is C27H36O10S. The molecule has 0 aliphatic carbocycles. The molecule has 0 spiro atoms. The molecule has 2 aromatic carbocycles. The van der Waals surface area contributed by atoms with Gasteiger partial charge in [-0.05, 0) is 61.6 Å². The Balaban J connectivity index is 2.03. The summed E-state index contributed by atoms with van der Waals surface area (Å²) in [5.74, 6) is 0.947. The zero-order valence-corrected chi connectivity index (χ0v) is 23.3. The first-order valence-corrected chi connectivity index (χ1v) is 14.1. The van der Waals surface area contributed by atoms with Crippen molar-refractivity contribution in [1.82, 2.24) is 0 Å². The lowest BCUT2D eigenvalue weighted by Gasteiger charge is -2.21. The lowest BCUT2D eigenvalue weighted by molar-refractivity contribution is -0.118. The molecule has 1 fully saturated rings. The Kier molecular flexibility index (Phi) is 10.2. The summed E-state index contributed by atoms with van der Waals surface area (Å²) in [6.45, 7) is 2.72. The van der Waals surface area contributed by atoms with Crippen molar-refractivity contribution in [2.45, 2.75) is 50.2 Å². The second-order valence-electron chi connectivity index (χ2n) is 8.88. The standard InChI is InChI=1S/C27H36O10S/c1-6-10-35-27-24(36-16-17(2)29)14-19(15-25(27)38(30,31)11-9-28)21-8-7-20(37-21)18-12-22(32-3)26(34-5)23(13-18)33-4/h12-15,20-21,28H,6-11,16H2,1-5H3/t20-,21-/m0/s1. The molecule has 38 heavy (non-hydrogen) atoms. The van der Waals surface area contributed by atoms with Crippen molar-refractivity contribution in [2.75, 3.05) is 46.9 Å². The smallest absolute Gasteiger partial charge is 0.203 e. The lowest BCUT2D eigenvalue weighted by atomic mass is 10.0. The van der Waals surface area contributed by atoms with Crippen LogP contribution in [0.15, 0.2) is 29.2 Å². The van der Waals surface area contributed by atoms with Crippen LogP contribution in [-0.4, -0.2) is 66.2 Å². The number of ether oxygens (including phenoxy) is 6. The van der Waals surface area contributed by atoms with Crippen LogP contribution >= 0.6 is 0 Å². The highest BCUT2D eigenvalue weighted by Crippen LogP contribution is 2.48. The zero-order chi connectivity index (χ0) is 27.9. The molecule has 11 heteroatoms. The number of rotatable bonds is 14. The lowest BCUT2D eigenvalue weighted by Crippen LogP contribution is -2.15. The van der Waals surface area contributed by atoms with E-state index in [4.69, 9.17) is 28.4 Å². The predicted molar refractivity (Wildman–Crippen MR) is 139 cm³/mol. The average Bonchev–Trinajstić information content (AvgIpc) is 3.40. The zero-order valence-electron chi connectivity index (χ0n) is 22.4. The summed E-state index contributed by atoms with van der Waals surface area (Å²) >= 11 is 0. The maximum absolute atomic E-state index is 13.1. The first-order valence-electron chi connectivity index (χ1n) is 12.4. The Morgan fingerprint density at radius 1 is 0.921 bits per heavy atom. The van der Waals surface area contributed by atoms with Gasteiger partial charge in [-0.15, -0.1) is 0 Å². The number of sulfone groups is 1.